The van der Waals surface area contributed by atoms with Gasteiger partial charge < -0.3 is 14.9 Å². The molecule has 1 heterocycles. The molecule has 0 unspecified atom stereocenters. The van der Waals surface area contributed by atoms with Crippen LogP contribution in [-0.4, -0.2) is 43.2 Å². The number of phenols is 1. The Morgan fingerprint density at radius 3 is 2.47 bits per heavy atom. The molecule has 1 aliphatic rings. The van der Waals surface area contributed by atoms with E-state index in [-0.39, 0.29) is 11.6 Å². The maximum Gasteiger partial charge on any atom is 0.150 e. The third-order valence-electron chi connectivity index (χ3n) is 2.78. The van der Waals surface area contributed by atoms with Crippen LogP contribution in [0.2, 0.25) is 0 Å². The van der Waals surface area contributed by atoms with E-state index in [1.54, 1.807) is 6.07 Å². The number of phenolic OH excluding ortho intramolecular Hbond substituents is 1. The third kappa shape index (κ3) is 2.21. The van der Waals surface area contributed by atoms with Gasteiger partial charge in [-0.1, -0.05) is 0 Å². The molecule has 0 spiro atoms. The smallest absolute Gasteiger partial charge is 0.150 e. The number of halogens is 1. The topological polar surface area (TPSA) is 26.7 Å². The van der Waals surface area contributed by atoms with Crippen molar-refractivity contribution in [1.82, 2.24) is 4.90 Å². The van der Waals surface area contributed by atoms with E-state index in [1.807, 2.05) is 4.90 Å². The van der Waals surface area contributed by atoms with E-state index < -0.39 is 0 Å². The Hall–Kier alpha value is -1.29. The highest BCUT2D eigenvalue weighted by Gasteiger charge is 2.17. The molecule has 2 rings (SSSR count). The maximum atomic E-state index is 13.5. The van der Waals surface area contributed by atoms with Crippen LogP contribution >= 0.6 is 0 Å². The molecule has 1 fully saturated rings. The summed E-state index contributed by atoms with van der Waals surface area (Å²) in [6.45, 7) is 3.55. The van der Waals surface area contributed by atoms with Crippen molar-refractivity contribution in [2.45, 2.75) is 0 Å². The van der Waals surface area contributed by atoms with E-state index in [2.05, 4.69) is 11.9 Å². The van der Waals surface area contributed by atoms with E-state index in [0.29, 0.717) is 5.69 Å². The lowest BCUT2D eigenvalue weighted by molar-refractivity contribution is 0.311. The van der Waals surface area contributed by atoms with Crippen LogP contribution in [0, 0.1) is 5.82 Å². The fourth-order valence-corrected chi connectivity index (χ4v) is 1.80. The first-order valence-corrected chi connectivity index (χ1v) is 5.09. The molecule has 0 saturated carbocycles. The lowest BCUT2D eigenvalue weighted by Crippen LogP contribution is -2.44. The molecule has 0 aromatic heterocycles. The minimum absolute atomic E-state index is 0.0228. The molecule has 4 heteroatoms. The molecule has 15 heavy (non-hydrogen) atoms. The van der Waals surface area contributed by atoms with Gasteiger partial charge in [0.2, 0.25) is 0 Å². The van der Waals surface area contributed by atoms with Crippen molar-refractivity contribution < 1.29 is 9.50 Å². The van der Waals surface area contributed by atoms with Crippen LogP contribution in [0.5, 0.6) is 5.75 Å². The summed E-state index contributed by atoms with van der Waals surface area (Å²) >= 11 is 0. The van der Waals surface area contributed by atoms with Crippen LogP contribution in [0.1, 0.15) is 0 Å². The monoisotopic (exact) mass is 210 g/mol. The number of benzene rings is 1. The molecule has 1 aliphatic heterocycles. The van der Waals surface area contributed by atoms with Crippen molar-refractivity contribution in [3.63, 3.8) is 0 Å². The first-order chi connectivity index (χ1) is 7.16. The zero-order chi connectivity index (χ0) is 10.8. The first-order valence-electron chi connectivity index (χ1n) is 5.09. The lowest BCUT2D eigenvalue weighted by Gasteiger charge is -2.34. The standard InChI is InChI=1S/C11H15FN2O/c1-13-4-6-14(7-5-13)11-3-2-9(15)8-10(11)12/h2-3,8,15H,4-7H2,1H3. The zero-order valence-electron chi connectivity index (χ0n) is 8.78. The van der Waals surface area contributed by atoms with Crippen LogP contribution in [-0.2, 0) is 0 Å². The van der Waals surface area contributed by atoms with Gasteiger partial charge in [-0.2, -0.15) is 0 Å². The normalized spacial score (nSPS) is 18.1. The van der Waals surface area contributed by atoms with Crippen LogP contribution in [0.15, 0.2) is 18.2 Å². The molecule has 82 valence electrons. The summed E-state index contributed by atoms with van der Waals surface area (Å²) in [6, 6.07) is 4.32. The molecular weight excluding hydrogens is 195 g/mol. The summed E-state index contributed by atoms with van der Waals surface area (Å²) < 4.78 is 13.5. The Morgan fingerprint density at radius 1 is 1.20 bits per heavy atom. The van der Waals surface area contributed by atoms with E-state index >= 15 is 0 Å². The fraction of sp³-hybridized carbons (Fsp3) is 0.455. The van der Waals surface area contributed by atoms with Gasteiger partial charge in [-0.05, 0) is 19.2 Å². The van der Waals surface area contributed by atoms with Crippen LogP contribution in [0.4, 0.5) is 10.1 Å². The number of anilines is 1. The Kier molecular flexibility index (Phi) is 2.77. The van der Waals surface area contributed by atoms with Gasteiger partial charge >= 0.3 is 0 Å². The Bertz CT molecular complexity index is 348. The largest absolute Gasteiger partial charge is 0.508 e. The lowest BCUT2D eigenvalue weighted by atomic mass is 10.2. The van der Waals surface area contributed by atoms with Gasteiger partial charge in [0.1, 0.15) is 11.6 Å². The number of piperazine rings is 1. The quantitative estimate of drug-likeness (QED) is 0.756. The molecule has 3 nitrogen and oxygen atoms in total. The van der Waals surface area contributed by atoms with E-state index in [9.17, 15) is 4.39 Å². The summed E-state index contributed by atoms with van der Waals surface area (Å²) in [7, 11) is 2.06. The van der Waals surface area contributed by atoms with Crippen LogP contribution in [0.25, 0.3) is 0 Å². The van der Waals surface area contributed by atoms with E-state index in [4.69, 9.17) is 5.11 Å². The van der Waals surface area contributed by atoms with E-state index in [0.717, 1.165) is 32.2 Å². The third-order valence-corrected chi connectivity index (χ3v) is 2.78. The summed E-state index contributed by atoms with van der Waals surface area (Å²) in [5, 5.41) is 9.11. The summed E-state index contributed by atoms with van der Waals surface area (Å²) in [5.41, 5.74) is 0.584. The van der Waals surface area contributed by atoms with Crippen molar-refractivity contribution in [3.8, 4) is 5.75 Å². The SMILES string of the molecule is CN1CCN(c2ccc(O)cc2F)CC1. The van der Waals surface area contributed by atoms with Crippen molar-refractivity contribution >= 4 is 5.69 Å². The Morgan fingerprint density at radius 2 is 1.87 bits per heavy atom. The second-order valence-electron chi connectivity index (χ2n) is 3.93. The van der Waals surface area contributed by atoms with Crippen molar-refractivity contribution in [2.75, 3.05) is 38.1 Å². The fourth-order valence-electron chi connectivity index (χ4n) is 1.80. The first kappa shape index (κ1) is 10.2. The second kappa shape index (κ2) is 4.06. The Balaban J connectivity index is 2.15. The molecule has 1 saturated heterocycles. The highest BCUT2D eigenvalue weighted by molar-refractivity contribution is 5.50. The molecule has 0 bridgehead atoms. The molecule has 1 N–H and O–H groups in total. The molecule has 1 aromatic carbocycles. The summed E-state index contributed by atoms with van der Waals surface area (Å²) in [5.74, 6) is -0.370. The highest BCUT2D eigenvalue weighted by atomic mass is 19.1. The van der Waals surface area contributed by atoms with Gasteiger partial charge in [0, 0.05) is 32.2 Å². The van der Waals surface area contributed by atoms with Gasteiger partial charge in [-0.15, -0.1) is 0 Å². The summed E-state index contributed by atoms with van der Waals surface area (Å²) in [6.07, 6.45) is 0. The number of nitrogens with zero attached hydrogens (tertiary/aromatic N) is 2. The molecule has 1 aromatic rings. The van der Waals surface area contributed by atoms with Gasteiger partial charge in [0.25, 0.3) is 0 Å². The molecular formula is C11H15FN2O. The van der Waals surface area contributed by atoms with E-state index in [1.165, 1.54) is 6.07 Å². The minimum Gasteiger partial charge on any atom is -0.508 e. The maximum absolute atomic E-state index is 13.5. The minimum atomic E-state index is -0.348. The average molecular weight is 210 g/mol. The van der Waals surface area contributed by atoms with Crippen LogP contribution in [0.3, 0.4) is 0 Å². The number of rotatable bonds is 1. The van der Waals surface area contributed by atoms with Gasteiger partial charge in [-0.3, -0.25) is 0 Å². The Labute approximate surface area is 88.7 Å². The number of likely N-dealkylation sites (N-methyl/N-ethyl adjacent to an activating group) is 1. The molecule has 0 radical (unpaired) electrons. The van der Waals surface area contributed by atoms with Crippen molar-refractivity contribution in [2.24, 2.45) is 0 Å². The predicted molar refractivity (Wildman–Crippen MR) is 57.8 cm³/mol. The molecule has 0 amide bonds. The van der Waals surface area contributed by atoms with Crippen molar-refractivity contribution in [3.05, 3.63) is 24.0 Å². The molecule has 0 atom stereocenters. The number of hydrogen-bond acceptors (Lipinski definition) is 3. The highest BCUT2D eigenvalue weighted by Crippen LogP contribution is 2.23. The number of hydrogen-bond donors (Lipinski definition) is 1. The average Bonchev–Trinajstić information content (AvgIpc) is 2.20. The van der Waals surface area contributed by atoms with Crippen molar-refractivity contribution in [1.29, 1.82) is 0 Å². The van der Waals surface area contributed by atoms with Gasteiger partial charge in [0.05, 0.1) is 5.69 Å². The number of aromatic hydroxyl groups is 1. The predicted octanol–water partition coefficient (Wildman–Crippen LogP) is 1.28. The van der Waals surface area contributed by atoms with Crippen LogP contribution < -0.4 is 4.90 Å². The summed E-state index contributed by atoms with van der Waals surface area (Å²) in [4.78, 5) is 4.23. The van der Waals surface area contributed by atoms with Gasteiger partial charge in [0.15, 0.2) is 0 Å². The molecule has 0 aliphatic carbocycles. The zero-order valence-corrected chi connectivity index (χ0v) is 8.78. The second-order valence-corrected chi connectivity index (χ2v) is 3.93. The van der Waals surface area contributed by atoms with Gasteiger partial charge in [-0.25, -0.2) is 4.39 Å².